The van der Waals surface area contributed by atoms with Crippen LogP contribution < -0.4 is 0 Å². The molecule has 0 radical (unpaired) electrons. The highest BCUT2D eigenvalue weighted by atomic mass is 35.5. The summed E-state index contributed by atoms with van der Waals surface area (Å²) in [5.41, 5.74) is -1.36. The molecule has 1 aromatic heterocycles. The number of hydrogen-bond donors (Lipinski definition) is 1. The first-order chi connectivity index (χ1) is 6.84. The first-order valence-corrected chi connectivity index (χ1v) is 4.23. The average Bonchev–Trinajstić information content (AvgIpc) is 2.14. The Morgan fingerprint density at radius 2 is 2.00 bits per heavy atom. The van der Waals surface area contributed by atoms with Gasteiger partial charge < -0.3 is 5.21 Å². The molecular weight excluding hydrogens is 256 g/mol. The largest absolute Gasteiger partial charge is 0.416 e. The molecule has 0 aliphatic rings. The Morgan fingerprint density at radius 3 is 2.47 bits per heavy atom. The number of aromatic nitrogens is 1. The van der Waals surface area contributed by atoms with Gasteiger partial charge in [0, 0.05) is 0 Å². The Balaban J connectivity index is 3.29. The predicted octanol–water partition coefficient (Wildman–Crippen LogP) is 3.13. The van der Waals surface area contributed by atoms with E-state index < -0.39 is 16.9 Å². The van der Waals surface area contributed by atoms with Gasteiger partial charge in [-0.05, 0) is 12.1 Å². The summed E-state index contributed by atoms with van der Waals surface area (Å²) in [6, 6.07) is 1.28. The summed E-state index contributed by atoms with van der Waals surface area (Å²) in [5, 5.41) is 9.83. The van der Waals surface area contributed by atoms with Crippen molar-refractivity contribution in [3.63, 3.8) is 0 Å². The van der Waals surface area contributed by atoms with Crippen LogP contribution in [0.25, 0.3) is 0 Å². The molecule has 1 heterocycles. The zero-order valence-corrected chi connectivity index (χ0v) is 8.40. The molecular formula is C7H3Cl2F3N2O. The molecule has 0 saturated carbocycles. The zero-order chi connectivity index (χ0) is 11.6. The number of alkyl halides is 3. The maximum absolute atomic E-state index is 12.3. The Morgan fingerprint density at radius 1 is 1.40 bits per heavy atom. The Labute approximate surface area is 92.1 Å². The van der Waals surface area contributed by atoms with E-state index >= 15 is 0 Å². The number of pyridine rings is 1. The van der Waals surface area contributed by atoms with Crippen LogP contribution in [-0.2, 0) is 6.18 Å². The summed E-state index contributed by atoms with van der Waals surface area (Å²) in [5.74, 6) is 0. The molecule has 1 N–H and O–H groups in total. The third kappa shape index (κ3) is 2.97. The van der Waals surface area contributed by atoms with Gasteiger partial charge in [-0.2, -0.15) is 13.2 Å². The highest BCUT2D eigenvalue weighted by Crippen LogP contribution is 2.31. The minimum absolute atomic E-state index is 0.348. The average molecular weight is 259 g/mol. The Kier molecular flexibility index (Phi) is 3.41. The van der Waals surface area contributed by atoms with Crippen LogP contribution in [0.3, 0.4) is 0 Å². The minimum Gasteiger partial charge on any atom is -0.410 e. The van der Waals surface area contributed by atoms with E-state index in [9.17, 15) is 13.2 Å². The molecule has 0 aromatic carbocycles. The lowest BCUT2D eigenvalue weighted by molar-refractivity contribution is -0.137. The number of oxime groups is 1. The summed E-state index contributed by atoms with van der Waals surface area (Å²) in [6.45, 7) is 0. The molecule has 0 bridgehead atoms. The van der Waals surface area contributed by atoms with Crippen molar-refractivity contribution in [3.8, 4) is 0 Å². The van der Waals surface area contributed by atoms with Crippen LogP contribution in [0.5, 0.6) is 0 Å². The van der Waals surface area contributed by atoms with Crippen molar-refractivity contribution in [2.45, 2.75) is 6.18 Å². The fourth-order valence-corrected chi connectivity index (χ4v) is 1.12. The smallest absolute Gasteiger partial charge is 0.410 e. The van der Waals surface area contributed by atoms with Crippen molar-refractivity contribution in [1.29, 1.82) is 0 Å². The number of halogens is 5. The molecule has 0 spiro atoms. The van der Waals surface area contributed by atoms with E-state index in [1.165, 1.54) is 0 Å². The normalized spacial score (nSPS) is 13.0. The summed E-state index contributed by atoms with van der Waals surface area (Å²) in [7, 11) is 0. The van der Waals surface area contributed by atoms with Gasteiger partial charge in [-0.15, -0.1) is 0 Å². The van der Waals surface area contributed by atoms with Crippen LogP contribution in [0.2, 0.25) is 5.15 Å². The van der Waals surface area contributed by atoms with E-state index in [2.05, 4.69) is 10.1 Å². The molecule has 0 saturated heterocycles. The van der Waals surface area contributed by atoms with Gasteiger partial charge in [-0.25, -0.2) is 4.98 Å². The summed E-state index contributed by atoms with van der Waals surface area (Å²) < 4.78 is 36.9. The van der Waals surface area contributed by atoms with Gasteiger partial charge in [0.15, 0.2) is 5.17 Å². The van der Waals surface area contributed by atoms with Crippen molar-refractivity contribution >= 4 is 28.4 Å². The van der Waals surface area contributed by atoms with E-state index in [4.69, 9.17) is 28.4 Å². The van der Waals surface area contributed by atoms with Gasteiger partial charge in [0.2, 0.25) is 0 Å². The maximum atomic E-state index is 12.3. The molecule has 0 aliphatic carbocycles. The maximum Gasteiger partial charge on any atom is 0.416 e. The van der Waals surface area contributed by atoms with Crippen molar-refractivity contribution in [2.24, 2.45) is 5.16 Å². The lowest BCUT2D eigenvalue weighted by Crippen LogP contribution is -2.08. The zero-order valence-electron chi connectivity index (χ0n) is 6.89. The van der Waals surface area contributed by atoms with Gasteiger partial charge in [0.25, 0.3) is 0 Å². The van der Waals surface area contributed by atoms with Gasteiger partial charge in [0.05, 0.1) is 5.56 Å². The molecule has 0 fully saturated rings. The number of hydrogen-bond acceptors (Lipinski definition) is 3. The SMILES string of the molecule is O/N=C(\Cl)c1cc(C(F)(F)F)cc(Cl)n1. The molecule has 0 atom stereocenters. The van der Waals surface area contributed by atoms with Gasteiger partial charge in [-0.3, -0.25) is 0 Å². The van der Waals surface area contributed by atoms with E-state index in [1.807, 2.05) is 0 Å². The lowest BCUT2D eigenvalue weighted by atomic mass is 10.2. The molecule has 1 rings (SSSR count). The molecule has 0 aliphatic heterocycles. The summed E-state index contributed by atoms with van der Waals surface area (Å²) in [6.07, 6.45) is -4.56. The number of nitrogens with zero attached hydrogens (tertiary/aromatic N) is 2. The summed E-state index contributed by atoms with van der Waals surface area (Å²) >= 11 is 10.6. The van der Waals surface area contributed by atoms with E-state index in [0.29, 0.717) is 12.1 Å². The van der Waals surface area contributed by atoms with Gasteiger partial charge >= 0.3 is 6.18 Å². The number of rotatable bonds is 1. The van der Waals surface area contributed by atoms with Crippen molar-refractivity contribution < 1.29 is 18.4 Å². The highest BCUT2D eigenvalue weighted by Gasteiger charge is 2.31. The van der Waals surface area contributed by atoms with Gasteiger partial charge in [-0.1, -0.05) is 28.4 Å². The van der Waals surface area contributed by atoms with Crippen molar-refractivity contribution in [2.75, 3.05) is 0 Å². The first kappa shape index (κ1) is 12.1. The second kappa shape index (κ2) is 4.24. The third-order valence-corrected chi connectivity index (χ3v) is 1.88. The van der Waals surface area contributed by atoms with Crippen LogP contribution in [0.1, 0.15) is 11.3 Å². The van der Waals surface area contributed by atoms with Crippen LogP contribution in [0, 0.1) is 0 Å². The molecule has 0 unspecified atom stereocenters. The second-order valence-electron chi connectivity index (χ2n) is 2.45. The monoisotopic (exact) mass is 258 g/mol. The van der Waals surface area contributed by atoms with E-state index in [-0.39, 0.29) is 10.8 Å². The van der Waals surface area contributed by atoms with Crippen LogP contribution in [0.4, 0.5) is 13.2 Å². The summed E-state index contributed by atoms with van der Waals surface area (Å²) in [4.78, 5) is 3.46. The first-order valence-electron chi connectivity index (χ1n) is 3.47. The quantitative estimate of drug-likeness (QED) is 0.364. The van der Waals surface area contributed by atoms with E-state index in [1.54, 1.807) is 0 Å². The molecule has 82 valence electrons. The Bertz CT molecular complexity index is 406. The fourth-order valence-electron chi connectivity index (χ4n) is 0.817. The molecule has 8 heteroatoms. The molecule has 3 nitrogen and oxygen atoms in total. The van der Waals surface area contributed by atoms with E-state index in [0.717, 1.165) is 0 Å². The van der Waals surface area contributed by atoms with Crippen LogP contribution >= 0.6 is 23.2 Å². The molecule has 15 heavy (non-hydrogen) atoms. The topological polar surface area (TPSA) is 45.5 Å². The standard InChI is InChI=1S/C7H3Cl2F3N2O/c8-5-2-3(7(10,11)12)1-4(13-5)6(9)14-15/h1-2,15H/b14-6-. The minimum atomic E-state index is -4.56. The Hall–Kier alpha value is -1.01. The van der Waals surface area contributed by atoms with Crippen molar-refractivity contribution in [1.82, 2.24) is 4.98 Å². The predicted molar refractivity (Wildman–Crippen MR) is 48.4 cm³/mol. The molecule has 1 aromatic rings. The molecule has 0 amide bonds. The fraction of sp³-hybridized carbons (Fsp3) is 0.143. The highest BCUT2D eigenvalue weighted by molar-refractivity contribution is 6.69. The lowest BCUT2D eigenvalue weighted by Gasteiger charge is -2.07. The van der Waals surface area contributed by atoms with Gasteiger partial charge in [0.1, 0.15) is 10.8 Å². The third-order valence-electron chi connectivity index (χ3n) is 1.42. The van der Waals surface area contributed by atoms with Crippen LogP contribution in [0.15, 0.2) is 17.3 Å². The van der Waals surface area contributed by atoms with Crippen LogP contribution in [-0.4, -0.2) is 15.4 Å². The second-order valence-corrected chi connectivity index (χ2v) is 3.20. The van der Waals surface area contributed by atoms with Crippen molar-refractivity contribution in [3.05, 3.63) is 28.5 Å².